The highest BCUT2D eigenvalue weighted by molar-refractivity contribution is 6.28. The molecule has 0 aliphatic rings. The Bertz CT molecular complexity index is 522. The molecular weight excluding hydrogens is 253 g/mol. The summed E-state index contributed by atoms with van der Waals surface area (Å²) in [7, 11) is 0. The average molecular weight is 268 g/mol. The lowest BCUT2D eigenvalue weighted by Crippen LogP contribution is -2.11. The molecule has 0 spiro atoms. The van der Waals surface area contributed by atoms with E-state index in [0.717, 1.165) is 24.2 Å². The topological polar surface area (TPSA) is 30.7 Å². The molecule has 0 fully saturated rings. The Hall–Kier alpha value is -1.42. The van der Waals surface area contributed by atoms with Crippen LogP contribution in [0.5, 0.6) is 0 Å². The molecule has 0 N–H and O–H groups in total. The lowest BCUT2D eigenvalue weighted by molar-refractivity contribution is 0.590. The van der Waals surface area contributed by atoms with E-state index in [1.165, 1.54) is 12.1 Å². The van der Waals surface area contributed by atoms with Gasteiger partial charge in [-0.1, -0.05) is 19.1 Å². The van der Waals surface area contributed by atoms with Crippen LogP contribution in [-0.2, 0) is 6.42 Å². The number of aryl methyl sites for hydroxylation is 1. The zero-order chi connectivity index (χ0) is 13.1. The second-order valence-corrected chi connectivity index (χ2v) is 4.57. The predicted octanol–water partition coefficient (Wildman–Crippen LogP) is 3.63. The summed E-state index contributed by atoms with van der Waals surface area (Å²) in [6.45, 7) is 4.08. The molecular formula is C13H15ClFN3. The minimum absolute atomic E-state index is 0.00495. The molecule has 1 atom stereocenters. The molecule has 1 aromatic heterocycles. The van der Waals surface area contributed by atoms with E-state index < -0.39 is 0 Å². The van der Waals surface area contributed by atoms with Gasteiger partial charge in [-0.3, -0.25) is 4.57 Å². The normalized spacial score (nSPS) is 12.7. The van der Waals surface area contributed by atoms with Gasteiger partial charge < -0.3 is 0 Å². The molecule has 0 radical (unpaired) electrons. The Morgan fingerprint density at radius 3 is 2.56 bits per heavy atom. The van der Waals surface area contributed by atoms with Gasteiger partial charge in [0.25, 0.3) is 0 Å². The molecule has 18 heavy (non-hydrogen) atoms. The SMILES string of the molecule is CCCc1nnc(Cl)n1C(C)c1ccc(F)cc1. The molecule has 2 rings (SSSR count). The van der Waals surface area contributed by atoms with Gasteiger partial charge in [-0.15, -0.1) is 10.2 Å². The van der Waals surface area contributed by atoms with E-state index in [0.29, 0.717) is 5.28 Å². The molecule has 5 heteroatoms. The molecule has 0 aliphatic heterocycles. The first kappa shape index (κ1) is 13.0. The number of nitrogens with zero attached hydrogens (tertiary/aromatic N) is 3. The maximum absolute atomic E-state index is 12.9. The number of halogens is 2. The third kappa shape index (κ3) is 2.53. The molecule has 0 bridgehead atoms. The number of benzene rings is 1. The first-order valence-electron chi connectivity index (χ1n) is 5.98. The van der Waals surface area contributed by atoms with Crippen LogP contribution in [-0.4, -0.2) is 14.8 Å². The van der Waals surface area contributed by atoms with Crippen LogP contribution >= 0.6 is 11.6 Å². The van der Waals surface area contributed by atoms with Crippen molar-refractivity contribution in [3.05, 3.63) is 46.8 Å². The summed E-state index contributed by atoms with van der Waals surface area (Å²) < 4.78 is 14.8. The van der Waals surface area contributed by atoms with E-state index in [9.17, 15) is 4.39 Å². The summed E-state index contributed by atoms with van der Waals surface area (Å²) in [4.78, 5) is 0. The number of hydrogen-bond donors (Lipinski definition) is 0. The van der Waals surface area contributed by atoms with Gasteiger partial charge in [-0.05, 0) is 42.6 Å². The lowest BCUT2D eigenvalue weighted by atomic mass is 10.1. The van der Waals surface area contributed by atoms with Crippen LogP contribution in [0.15, 0.2) is 24.3 Å². The fourth-order valence-corrected chi connectivity index (χ4v) is 2.25. The molecule has 1 unspecified atom stereocenters. The molecule has 0 amide bonds. The number of rotatable bonds is 4. The molecule has 0 aliphatic carbocycles. The molecule has 96 valence electrons. The lowest BCUT2D eigenvalue weighted by Gasteiger charge is -2.16. The zero-order valence-electron chi connectivity index (χ0n) is 10.4. The highest BCUT2D eigenvalue weighted by Gasteiger charge is 2.16. The summed E-state index contributed by atoms with van der Waals surface area (Å²) in [5, 5.41) is 8.35. The molecule has 3 nitrogen and oxygen atoms in total. The van der Waals surface area contributed by atoms with Crippen molar-refractivity contribution in [1.82, 2.24) is 14.8 Å². The maximum Gasteiger partial charge on any atom is 0.225 e. The summed E-state index contributed by atoms with van der Waals surface area (Å²) in [6, 6.07) is 6.40. The molecule has 0 saturated carbocycles. The van der Waals surface area contributed by atoms with Crippen molar-refractivity contribution in [2.45, 2.75) is 32.7 Å². The first-order chi connectivity index (χ1) is 8.63. The van der Waals surface area contributed by atoms with E-state index in [4.69, 9.17) is 11.6 Å². The highest BCUT2D eigenvalue weighted by Crippen LogP contribution is 2.24. The Kier molecular flexibility index (Phi) is 3.97. The Labute approximate surface area is 111 Å². The van der Waals surface area contributed by atoms with Crippen LogP contribution in [0.25, 0.3) is 0 Å². The summed E-state index contributed by atoms with van der Waals surface area (Å²) in [5.74, 6) is 0.619. The van der Waals surface area contributed by atoms with Gasteiger partial charge in [0.1, 0.15) is 11.6 Å². The number of hydrogen-bond acceptors (Lipinski definition) is 2. The van der Waals surface area contributed by atoms with Gasteiger partial charge in [0.2, 0.25) is 5.28 Å². The van der Waals surface area contributed by atoms with E-state index in [1.807, 2.05) is 11.5 Å². The smallest absolute Gasteiger partial charge is 0.225 e. The molecule has 1 heterocycles. The molecule has 1 aromatic carbocycles. The van der Waals surface area contributed by atoms with Gasteiger partial charge in [0.15, 0.2) is 0 Å². The quantitative estimate of drug-likeness (QED) is 0.847. The first-order valence-corrected chi connectivity index (χ1v) is 6.36. The summed E-state index contributed by atoms with van der Waals surface area (Å²) in [5.41, 5.74) is 0.982. The Morgan fingerprint density at radius 1 is 1.28 bits per heavy atom. The summed E-state index contributed by atoms with van der Waals surface area (Å²) >= 11 is 6.07. The fraction of sp³-hybridized carbons (Fsp3) is 0.385. The monoisotopic (exact) mass is 267 g/mol. The molecule has 2 aromatic rings. The van der Waals surface area contributed by atoms with E-state index in [2.05, 4.69) is 17.1 Å². The van der Waals surface area contributed by atoms with Crippen molar-refractivity contribution >= 4 is 11.6 Å². The van der Waals surface area contributed by atoms with E-state index >= 15 is 0 Å². The van der Waals surface area contributed by atoms with Gasteiger partial charge >= 0.3 is 0 Å². The van der Waals surface area contributed by atoms with E-state index in [1.54, 1.807) is 12.1 Å². The average Bonchev–Trinajstić information content (AvgIpc) is 2.71. The Morgan fingerprint density at radius 2 is 1.94 bits per heavy atom. The standard InChI is InChI=1S/C13H15ClFN3/c1-3-4-12-16-17-13(14)18(12)9(2)10-5-7-11(15)8-6-10/h5-9H,3-4H2,1-2H3. The van der Waals surface area contributed by atoms with Gasteiger partial charge in [-0.25, -0.2) is 4.39 Å². The maximum atomic E-state index is 12.9. The third-order valence-electron chi connectivity index (χ3n) is 2.94. The Balaban J connectivity index is 2.35. The zero-order valence-corrected chi connectivity index (χ0v) is 11.2. The van der Waals surface area contributed by atoms with Crippen molar-refractivity contribution in [3.63, 3.8) is 0 Å². The van der Waals surface area contributed by atoms with E-state index in [-0.39, 0.29) is 11.9 Å². The second kappa shape index (κ2) is 5.48. The number of aromatic nitrogens is 3. The van der Waals surface area contributed by atoms with Gasteiger partial charge in [0.05, 0.1) is 6.04 Å². The van der Waals surface area contributed by atoms with Crippen molar-refractivity contribution in [2.24, 2.45) is 0 Å². The highest BCUT2D eigenvalue weighted by atomic mass is 35.5. The van der Waals surface area contributed by atoms with Crippen LogP contribution in [0, 0.1) is 5.82 Å². The third-order valence-corrected chi connectivity index (χ3v) is 3.20. The summed E-state index contributed by atoms with van der Waals surface area (Å²) in [6.07, 6.45) is 1.80. The van der Waals surface area contributed by atoms with Gasteiger partial charge in [0, 0.05) is 6.42 Å². The van der Waals surface area contributed by atoms with Crippen LogP contribution in [0.2, 0.25) is 5.28 Å². The van der Waals surface area contributed by atoms with Crippen molar-refractivity contribution < 1.29 is 4.39 Å². The molecule has 0 saturated heterocycles. The van der Waals surface area contributed by atoms with Crippen molar-refractivity contribution in [2.75, 3.05) is 0 Å². The fourth-order valence-electron chi connectivity index (χ4n) is 1.97. The van der Waals surface area contributed by atoms with Crippen LogP contribution in [0.1, 0.15) is 37.7 Å². The van der Waals surface area contributed by atoms with Crippen LogP contribution < -0.4 is 0 Å². The van der Waals surface area contributed by atoms with Gasteiger partial charge in [-0.2, -0.15) is 0 Å². The minimum atomic E-state index is -0.241. The minimum Gasteiger partial charge on any atom is -0.294 e. The predicted molar refractivity (Wildman–Crippen MR) is 69.2 cm³/mol. The van der Waals surface area contributed by atoms with Crippen LogP contribution in [0.3, 0.4) is 0 Å². The van der Waals surface area contributed by atoms with Crippen molar-refractivity contribution in [3.8, 4) is 0 Å². The largest absolute Gasteiger partial charge is 0.294 e. The van der Waals surface area contributed by atoms with Crippen LogP contribution in [0.4, 0.5) is 4.39 Å². The second-order valence-electron chi connectivity index (χ2n) is 4.23. The van der Waals surface area contributed by atoms with Crippen molar-refractivity contribution in [1.29, 1.82) is 0 Å².